The summed E-state index contributed by atoms with van der Waals surface area (Å²) in [6, 6.07) is 0. The molecule has 0 unspecified atom stereocenters. The summed E-state index contributed by atoms with van der Waals surface area (Å²) in [6.07, 6.45) is 7.68. The van der Waals surface area contributed by atoms with Crippen molar-refractivity contribution in [2.24, 2.45) is 5.73 Å². The van der Waals surface area contributed by atoms with Gasteiger partial charge in [0, 0.05) is 6.42 Å². The third-order valence-electron chi connectivity index (χ3n) is 1.28. The average Bonchev–Trinajstić information content (AvgIpc) is 1.87. The molecule has 0 rings (SSSR count). The monoisotopic (exact) mass is 141 g/mol. The molecule has 0 aliphatic heterocycles. The van der Waals surface area contributed by atoms with Gasteiger partial charge in [-0.1, -0.05) is 12.2 Å². The maximum absolute atomic E-state index is 10.2. The second kappa shape index (κ2) is 6.33. The van der Waals surface area contributed by atoms with Crippen LogP contribution in [0.5, 0.6) is 0 Å². The van der Waals surface area contributed by atoms with Crippen molar-refractivity contribution in [1.82, 2.24) is 0 Å². The first kappa shape index (κ1) is 9.21. The lowest BCUT2D eigenvalue weighted by atomic mass is 10.2. The molecular weight excluding hydrogens is 126 g/mol. The fourth-order valence-electron chi connectivity index (χ4n) is 0.728. The summed E-state index contributed by atoms with van der Waals surface area (Å²) >= 11 is 0. The van der Waals surface area contributed by atoms with E-state index in [4.69, 9.17) is 5.73 Å². The second-order valence-electron chi connectivity index (χ2n) is 2.28. The average molecular weight is 141 g/mol. The lowest BCUT2D eigenvalue weighted by Crippen LogP contribution is -2.09. The molecule has 0 atom stereocenters. The Kier molecular flexibility index (Phi) is 5.83. The predicted octanol–water partition coefficient (Wildman–Crippen LogP) is 1.61. The smallest absolute Gasteiger partial charge is 0.217 e. The molecule has 0 saturated heterocycles. The largest absolute Gasteiger partial charge is 0.370 e. The molecule has 0 radical (unpaired) electrons. The Bertz CT molecular complexity index is 118. The first-order valence-corrected chi connectivity index (χ1v) is 3.67. The van der Waals surface area contributed by atoms with Gasteiger partial charge in [0.1, 0.15) is 0 Å². The number of carbonyl (C=O) groups excluding carboxylic acids is 1. The summed E-state index contributed by atoms with van der Waals surface area (Å²) in [6.45, 7) is 1.99. The van der Waals surface area contributed by atoms with Crippen LogP contribution in [0.2, 0.25) is 0 Å². The standard InChI is InChI=1S/C8H15NO/c1-2-3-4-5-6-7-8(9)10/h2-3H,4-7H2,1H3,(H2,9,10). The van der Waals surface area contributed by atoms with Crippen LogP contribution < -0.4 is 5.73 Å². The van der Waals surface area contributed by atoms with E-state index in [1.807, 2.05) is 13.0 Å². The number of unbranched alkanes of at least 4 members (excludes halogenated alkanes) is 2. The van der Waals surface area contributed by atoms with Crippen molar-refractivity contribution in [3.05, 3.63) is 12.2 Å². The lowest BCUT2D eigenvalue weighted by Gasteiger charge is -1.92. The van der Waals surface area contributed by atoms with Crippen molar-refractivity contribution < 1.29 is 4.79 Å². The maximum atomic E-state index is 10.2. The Hall–Kier alpha value is -0.790. The summed E-state index contributed by atoms with van der Waals surface area (Å²) in [5.74, 6) is -0.194. The summed E-state index contributed by atoms with van der Waals surface area (Å²) in [5.41, 5.74) is 4.95. The Morgan fingerprint density at radius 2 is 2.20 bits per heavy atom. The summed E-state index contributed by atoms with van der Waals surface area (Å²) in [4.78, 5) is 10.2. The van der Waals surface area contributed by atoms with Crippen LogP contribution in [0.25, 0.3) is 0 Å². The Labute approximate surface area is 62.1 Å². The fraction of sp³-hybridized carbons (Fsp3) is 0.625. The summed E-state index contributed by atoms with van der Waals surface area (Å²) in [7, 11) is 0. The molecule has 0 heterocycles. The van der Waals surface area contributed by atoms with Gasteiger partial charge < -0.3 is 5.73 Å². The van der Waals surface area contributed by atoms with Crippen LogP contribution in [0.4, 0.5) is 0 Å². The van der Waals surface area contributed by atoms with Gasteiger partial charge in [-0.2, -0.15) is 0 Å². The molecule has 0 spiro atoms. The molecule has 10 heavy (non-hydrogen) atoms. The summed E-state index contributed by atoms with van der Waals surface area (Å²) in [5, 5.41) is 0. The zero-order valence-corrected chi connectivity index (χ0v) is 6.47. The molecule has 0 aromatic rings. The van der Waals surface area contributed by atoms with E-state index in [1.54, 1.807) is 0 Å². The van der Waals surface area contributed by atoms with Crippen molar-refractivity contribution in [3.8, 4) is 0 Å². The van der Waals surface area contributed by atoms with E-state index in [-0.39, 0.29) is 5.91 Å². The fourth-order valence-corrected chi connectivity index (χ4v) is 0.728. The van der Waals surface area contributed by atoms with Crippen LogP contribution >= 0.6 is 0 Å². The highest BCUT2D eigenvalue weighted by atomic mass is 16.1. The zero-order chi connectivity index (χ0) is 7.82. The van der Waals surface area contributed by atoms with Crippen LogP contribution in [0.15, 0.2) is 12.2 Å². The number of primary amides is 1. The van der Waals surface area contributed by atoms with Gasteiger partial charge in [-0.25, -0.2) is 0 Å². The van der Waals surface area contributed by atoms with Gasteiger partial charge in [0.2, 0.25) is 5.91 Å². The quantitative estimate of drug-likeness (QED) is 0.458. The van der Waals surface area contributed by atoms with E-state index in [0.717, 1.165) is 19.3 Å². The van der Waals surface area contributed by atoms with Crippen LogP contribution in [-0.2, 0) is 4.79 Å². The minimum Gasteiger partial charge on any atom is -0.370 e. The molecular formula is C8H15NO. The molecule has 0 aromatic carbocycles. The SMILES string of the molecule is CC=CCCCCC(N)=O. The molecule has 0 aliphatic carbocycles. The van der Waals surface area contributed by atoms with E-state index in [9.17, 15) is 4.79 Å². The van der Waals surface area contributed by atoms with E-state index in [0.29, 0.717) is 6.42 Å². The number of hydrogen-bond donors (Lipinski definition) is 1. The highest BCUT2D eigenvalue weighted by Gasteiger charge is 1.91. The number of carbonyl (C=O) groups is 1. The van der Waals surface area contributed by atoms with E-state index in [2.05, 4.69) is 6.08 Å². The van der Waals surface area contributed by atoms with Gasteiger partial charge in [-0.3, -0.25) is 4.79 Å². The Balaban J connectivity index is 2.98. The third-order valence-corrected chi connectivity index (χ3v) is 1.28. The van der Waals surface area contributed by atoms with Crippen LogP contribution in [-0.4, -0.2) is 5.91 Å². The normalized spacial score (nSPS) is 10.5. The van der Waals surface area contributed by atoms with Crippen LogP contribution in [0.1, 0.15) is 32.6 Å². The zero-order valence-electron chi connectivity index (χ0n) is 6.47. The van der Waals surface area contributed by atoms with E-state index in [1.165, 1.54) is 0 Å². The third kappa shape index (κ3) is 7.21. The Morgan fingerprint density at radius 3 is 2.70 bits per heavy atom. The molecule has 0 aliphatic rings. The molecule has 1 amide bonds. The molecule has 2 N–H and O–H groups in total. The summed E-state index contributed by atoms with van der Waals surface area (Å²) < 4.78 is 0. The highest BCUT2D eigenvalue weighted by molar-refractivity contribution is 5.73. The number of hydrogen-bond acceptors (Lipinski definition) is 1. The molecule has 0 aromatic heterocycles. The van der Waals surface area contributed by atoms with Crippen LogP contribution in [0, 0.1) is 0 Å². The van der Waals surface area contributed by atoms with Gasteiger partial charge >= 0.3 is 0 Å². The van der Waals surface area contributed by atoms with Gasteiger partial charge in [0.05, 0.1) is 0 Å². The minimum absolute atomic E-state index is 0.194. The van der Waals surface area contributed by atoms with Crippen molar-refractivity contribution in [2.45, 2.75) is 32.6 Å². The number of rotatable bonds is 5. The van der Waals surface area contributed by atoms with Crippen molar-refractivity contribution in [2.75, 3.05) is 0 Å². The van der Waals surface area contributed by atoms with Gasteiger partial charge in [0.25, 0.3) is 0 Å². The first-order chi connectivity index (χ1) is 4.77. The molecule has 0 saturated carbocycles. The predicted molar refractivity (Wildman–Crippen MR) is 42.5 cm³/mol. The van der Waals surface area contributed by atoms with Crippen molar-refractivity contribution in [1.29, 1.82) is 0 Å². The molecule has 2 nitrogen and oxygen atoms in total. The van der Waals surface area contributed by atoms with Crippen molar-refractivity contribution >= 4 is 5.91 Å². The Morgan fingerprint density at radius 1 is 1.50 bits per heavy atom. The van der Waals surface area contributed by atoms with E-state index < -0.39 is 0 Å². The number of amides is 1. The van der Waals surface area contributed by atoms with Gasteiger partial charge in [-0.15, -0.1) is 0 Å². The molecule has 0 bridgehead atoms. The molecule has 58 valence electrons. The second-order valence-corrected chi connectivity index (χ2v) is 2.28. The lowest BCUT2D eigenvalue weighted by molar-refractivity contribution is -0.118. The molecule has 2 heteroatoms. The topological polar surface area (TPSA) is 43.1 Å². The minimum atomic E-state index is -0.194. The van der Waals surface area contributed by atoms with Crippen molar-refractivity contribution in [3.63, 3.8) is 0 Å². The van der Waals surface area contributed by atoms with Crippen LogP contribution in [0.3, 0.4) is 0 Å². The van der Waals surface area contributed by atoms with Gasteiger partial charge in [0.15, 0.2) is 0 Å². The highest BCUT2D eigenvalue weighted by Crippen LogP contribution is 1.99. The molecule has 0 fully saturated rings. The maximum Gasteiger partial charge on any atom is 0.217 e. The first-order valence-electron chi connectivity index (χ1n) is 3.67. The van der Waals surface area contributed by atoms with E-state index >= 15 is 0 Å². The number of nitrogens with two attached hydrogens (primary N) is 1. The van der Waals surface area contributed by atoms with Gasteiger partial charge in [-0.05, 0) is 26.2 Å². The number of allylic oxidation sites excluding steroid dienone is 2.